The van der Waals surface area contributed by atoms with Gasteiger partial charge in [0.25, 0.3) is 5.91 Å². The van der Waals surface area contributed by atoms with Crippen LogP contribution in [-0.2, 0) is 4.74 Å². The molecule has 1 aromatic rings. The molecule has 104 valence electrons. The minimum Gasteiger partial charge on any atom is -0.380 e. The molecular formula is C14H19ClN2O2. The predicted octanol–water partition coefficient (Wildman–Crippen LogP) is 2.72. The van der Waals surface area contributed by atoms with Gasteiger partial charge in [0.2, 0.25) is 0 Å². The van der Waals surface area contributed by atoms with Crippen molar-refractivity contribution >= 4 is 17.5 Å². The first-order valence-electron chi connectivity index (χ1n) is 6.62. The van der Waals surface area contributed by atoms with E-state index in [9.17, 15) is 4.79 Å². The van der Waals surface area contributed by atoms with E-state index in [0.29, 0.717) is 23.9 Å². The first-order valence-corrected chi connectivity index (χ1v) is 7.00. The van der Waals surface area contributed by atoms with E-state index in [0.717, 1.165) is 25.3 Å². The number of aromatic nitrogens is 1. The molecule has 2 rings (SSSR count). The number of hydrogen-bond donors (Lipinski definition) is 0. The molecule has 0 spiro atoms. The van der Waals surface area contributed by atoms with E-state index in [1.54, 1.807) is 6.07 Å². The maximum atomic E-state index is 12.5. The summed E-state index contributed by atoms with van der Waals surface area (Å²) >= 11 is 6.00. The molecule has 0 bridgehead atoms. The minimum atomic E-state index is 0.0108. The number of halogens is 1. The fourth-order valence-corrected chi connectivity index (χ4v) is 2.28. The van der Waals surface area contributed by atoms with Crippen LogP contribution in [0.15, 0.2) is 12.1 Å². The van der Waals surface area contributed by atoms with Gasteiger partial charge in [0.1, 0.15) is 5.15 Å². The van der Waals surface area contributed by atoms with Gasteiger partial charge in [-0.3, -0.25) is 4.79 Å². The van der Waals surface area contributed by atoms with Crippen LogP contribution in [0.1, 0.15) is 42.2 Å². The summed E-state index contributed by atoms with van der Waals surface area (Å²) in [6, 6.07) is 3.48. The quantitative estimate of drug-likeness (QED) is 0.783. The first kappa shape index (κ1) is 14.3. The Morgan fingerprint density at radius 1 is 1.37 bits per heavy atom. The van der Waals surface area contributed by atoms with Crippen molar-refractivity contribution in [2.24, 2.45) is 0 Å². The second-order valence-corrected chi connectivity index (χ2v) is 5.40. The van der Waals surface area contributed by atoms with Gasteiger partial charge in [-0.05, 0) is 24.5 Å². The Labute approximate surface area is 118 Å². The Morgan fingerprint density at radius 2 is 2.16 bits per heavy atom. The number of hydrogen-bond acceptors (Lipinski definition) is 3. The van der Waals surface area contributed by atoms with Crippen molar-refractivity contribution in [3.05, 3.63) is 28.5 Å². The second-order valence-electron chi connectivity index (χ2n) is 5.02. The molecule has 2 heterocycles. The average Bonchev–Trinajstić information content (AvgIpc) is 2.65. The molecule has 19 heavy (non-hydrogen) atoms. The van der Waals surface area contributed by atoms with Crippen molar-refractivity contribution in [3.8, 4) is 0 Å². The van der Waals surface area contributed by atoms with Crippen molar-refractivity contribution in [1.82, 2.24) is 9.88 Å². The Kier molecular flexibility index (Phi) is 4.77. The van der Waals surface area contributed by atoms with Gasteiger partial charge >= 0.3 is 0 Å². The van der Waals surface area contributed by atoms with Gasteiger partial charge in [0.15, 0.2) is 0 Å². The molecule has 0 saturated carbocycles. The maximum Gasteiger partial charge on any atom is 0.254 e. The molecular weight excluding hydrogens is 264 g/mol. The summed E-state index contributed by atoms with van der Waals surface area (Å²) in [6.45, 7) is 6.75. The molecule has 1 fully saturated rings. The molecule has 4 nitrogen and oxygen atoms in total. The molecule has 1 aliphatic rings. The molecule has 0 aromatic carbocycles. The molecule has 5 heteroatoms. The molecule has 0 radical (unpaired) electrons. The highest BCUT2D eigenvalue weighted by Gasteiger charge is 2.19. The van der Waals surface area contributed by atoms with Crippen LogP contribution < -0.4 is 0 Å². The van der Waals surface area contributed by atoms with Crippen LogP contribution in [0.2, 0.25) is 5.15 Å². The van der Waals surface area contributed by atoms with E-state index >= 15 is 0 Å². The van der Waals surface area contributed by atoms with Gasteiger partial charge < -0.3 is 9.64 Å². The summed E-state index contributed by atoms with van der Waals surface area (Å²) in [4.78, 5) is 18.5. The van der Waals surface area contributed by atoms with Gasteiger partial charge in [0.05, 0.1) is 6.61 Å². The van der Waals surface area contributed by atoms with Crippen molar-refractivity contribution < 1.29 is 9.53 Å². The van der Waals surface area contributed by atoms with Crippen LogP contribution in [0.3, 0.4) is 0 Å². The van der Waals surface area contributed by atoms with Gasteiger partial charge in [-0.15, -0.1) is 0 Å². The van der Waals surface area contributed by atoms with Crippen molar-refractivity contribution in [2.75, 3.05) is 26.3 Å². The summed E-state index contributed by atoms with van der Waals surface area (Å²) in [5, 5.41) is 0.376. The summed E-state index contributed by atoms with van der Waals surface area (Å²) in [6.07, 6.45) is 0.877. The van der Waals surface area contributed by atoms with Crippen molar-refractivity contribution in [2.45, 2.75) is 26.2 Å². The lowest BCUT2D eigenvalue weighted by Gasteiger charge is -2.20. The highest BCUT2D eigenvalue weighted by atomic mass is 35.5. The molecule has 1 aromatic heterocycles. The minimum absolute atomic E-state index is 0.0108. The van der Waals surface area contributed by atoms with Gasteiger partial charge in [-0.2, -0.15) is 0 Å². The van der Waals surface area contributed by atoms with Crippen LogP contribution in [0, 0.1) is 0 Å². The molecule has 0 unspecified atom stereocenters. The summed E-state index contributed by atoms with van der Waals surface area (Å²) in [7, 11) is 0. The van der Waals surface area contributed by atoms with Crippen molar-refractivity contribution in [1.29, 1.82) is 0 Å². The lowest BCUT2D eigenvalue weighted by molar-refractivity contribution is 0.0741. The number of pyridine rings is 1. The smallest absolute Gasteiger partial charge is 0.254 e. The number of amides is 1. The van der Waals surface area contributed by atoms with Gasteiger partial charge in [0, 0.05) is 31.0 Å². The third-order valence-electron chi connectivity index (χ3n) is 3.16. The fourth-order valence-electron chi connectivity index (χ4n) is 2.07. The number of ether oxygens (including phenoxy) is 1. The summed E-state index contributed by atoms with van der Waals surface area (Å²) < 4.78 is 5.36. The van der Waals surface area contributed by atoms with Gasteiger partial charge in [-0.25, -0.2) is 4.98 Å². The largest absolute Gasteiger partial charge is 0.380 e. The normalized spacial score (nSPS) is 16.5. The number of carbonyl (C=O) groups excluding carboxylic acids is 1. The van der Waals surface area contributed by atoms with Gasteiger partial charge in [-0.1, -0.05) is 25.4 Å². The molecule has 0 N–H and O–H groups in total. The summed E-state index contributed by atoms with van der Waals surface area (Å²) in [5.74, 6) is 0.259. The van der Waals surface area contributed by atoms with E-state index in [1.165, 1.54) is 0 Å². The Balaban J connectivity index is 2.22. The van der Waals surface area contributed by atoms with Crippen LogP contribution in [0.25, 0.3) is 0 Å². The highest BCUT2D eigenvalue weighted by molar-refractivity contribution is 6.29. The first-order chi connectivity index (χ1) is 9.08. The number of carbonyl (C=O) groups is 1. The molecule has 1 amide bonds. The van der Waals surface area contributed by atoms with E-state index in [-0.39, 0.29) is 11.8 Å². The molecule has 0 aliphatic carbocycles. The number of nitrogens with zero attached hydrogens (tertiary/aromatic N) is 2. The predicted molar refractivity (Wildman–Crippen MR) is 74.7 cm³/mol. The van der Waals surface area contributed by atoms with E-state index < -0.39 is 0 Å². The zero-order valence-corrected chi connectivity index (χ0v) is 12.1. The third kappa shape index (κ3) is 3.67. The monoisotopic (exact) mass is 282 g/mol. The standard InChI is InChI=1S/C14H19ClN2O2/c1-10(2)12-8-11(9-13(15)16-12)14(18)17-4-3-6-19-7-5-17/h8-10H,3-7H2,1-2H3. The van der Waals surface area contributed by atoms with E-state index in [4.69, 9.17) is 16.3 Å². The second kappa shape index (κ2) is 6.35. The Hall–Kier alpha value is -1.13. The zero-order valence-electron chi connectivity index (χ0n) is 11.4. The van der Waals surface area contributed by atoms with Crippen LogP contribution in [-0.4, -0.2) is 42.1 Å². The van der Waals surface area contributed by atoms with E-state index in [2.05, 4.69) is 4.98 Å². The lowest BCUT2D eigenvalue weighted by atomic mass is 10.1. The van der Waals surface area contributed by atoms with Crippen LogP contribution in [0.4, 0.5) is 0 Å². The fraction of sp³-hybridized carbons (Fsp3) is 0.571. The molecule has 1 aliphatic heterocycles. The van der Waals surface area contributed by atoms with Crippen LogP contribution in [0.5, 0.6) is 0 Å². The molecule has 0 atom stereocenters. The molecule has 1 saturated heterocycles. The average molecular weight is 283 g/mol. The Bertz CT molecular complexity index is 455. The zero-order chi connectivity index (χ0) is 13.8. The number of rotatable bonds is 2. The Morgan fingerprint density at radius 3 is 2.89 bits per heavy atom. The SMILES string of the molecule is CC(C)c1cc(C(=O)N2CCCOCC2)cc(Cl)n1. The maximum absolute atomic E-state index is 12.5. The topological polar surface area (TPSA) is 42.4 Å². The van der Waals surface area contributed by atoms with Crippen LogP contribution >= 0.6 is 11.6 Å². The van der Waals surface area contributed by atoms with Crippen molar-refractivity contribution in [3.63, 3.8) is 0 Å². The lowest BCUT2D eigenvalue weighted by Crippen LogP contribution is -2.33. The van der Waals surface area contributed by atoms with E-state index in [1.807, 2.05) is 24.8 Å². The highest BCUT2D eigenvalue weighted by Crippen LogP contribution is 2.19. The third-order valence-corrected chi connectivity index (χ3v) is 3.36. The summed E-state index contributed by atoms with van der Waals surface area (Å²) in [5.41, 5.74) is 1.47.